The molecule has 0 aliphatic carbocycles. The average Bonchev–Trinajstić information content (AvgIpc) is 2.34. The van der Waals surface area contributed by atoms with Crippen molar-refractivity contribution in [2.75, 3.05) is 5.73 Å². The predicted molar refractivity (Wildman–Crippen MR) is 75.8 cm³/mol. The van der Waals surface area contributed by atoms with Crippen molar-refractivity contribution in [3.8, 4) is 0 Å². The summed E-state index contributed by atoms with van der Waals surface area (Å²) in [5, 5.41) is 0. The van der Waals surface area contributed by atoms with Gasteiger partial charge < -0.3 is 5.73 Å². The number of benzene rings is 2. The van der Waals surface area contributed by atoms with Gasteiger partial charge in [0.2, 0.25) is 0 Å². The van der Waals surface area contributed by atoms with Crippen LogP contribution < -0.4 is 5.73 Å². The zero-order valence-corrected chi connectivity index (χ0v) is 12.2. The first kappa shape index (κ1) is 14.0. The Bertz CT molecular complexity index is 702. The molecule has 0 spiro atoms. The molecule has 0 unspecified atom stereocenters. The molecular weight excluding hydrogens is 333 g/mol. The molecule has 0 bridgehead atoms. The molecule has 6 heteroatoms. The van der Waals surface area contributed by atoms with Crippen LogP contribution >= 0.6 is 15.9 Å². The highest BCUT2D eigenvalue weighted by atomic mass is 79.9. The average molecular weight is 344 g/mol. The van der Waals surface area contributed by atoms with Crippen LogP contribution in [0.5, 0.6) is 0 Å². The number of halogens is 2. The molecule has 2 N–H and O–H groups in total. The summed E-state index contributed by atoms with van der Waals surface area (Å²) in [5.41, 5.74) is 6.27. The number of hydrogen-bond acceptors (Lipinski definition) is 3. The first-order chi connectivity index (χ1) is 8.90. The lowest BCUT2D eigenvalue weighted by atomic mass is 10.2. The minimum Gasteiger partial charge on any atom is -0.398 e. The Kier molecular flexibility index (Phi) is 3.91. The number of sulfone groups is 1. The molecule has 2 aromatic rings. The Hall–Kier alpha value is -1.40. The summed E-state index contributed by atoms with van der Waals surface area (Å²) >= 11 is 3.10. The fourth-order valence-corrected chi connectivity index (χ4v) is 3.59. The van der Waals surface area contributed by atoms with Crippen LogP contribution in [0.25, 0.3) is 0 Å². The second-order valence-electron chi connectivity index (χ2n) is 4.05. The van der Waals surface area contributed by atoms with Gasteiger partial charge in [-0.3, -0.25) is 0 Å². The zero-order chi connectivity index (χ0) is 14.0. The molecule has 0 aliphatic rings. The second-order valence-corrected chi connectivity index (χ2v) is 6.86. The van der Waals surface area contributed by atoms with Gasteiger partial charge in [0, 0.05) is 10.2 Å². The number of hydrogen-bond donors (Lipinski definition) is 1. The van der Waals surface area contributed by atoms with E-state index in [0.29, 0.717) is 10.0 Å². The van der Waals surface area contributed by atoms with E-state index in [-0.39, 0.29) is 16.3 Å². The maximum Gasteiger partial charge on any atom is 0.185 e. The van der Waals surface area contributed by atoms with E-state index >= 15 is 0 Å². The molecular formula is C13H11BrFNO2S. The van der Waals surface area contributed by atoms with E-state index in [4.69, 9.17) is 5.73 Å². The van der Waals surface area contributed by atoms with Gasteiger partial charge in [-0.25, -0.2) is 12.8 Å². The lowest BCUT2D eigenvalue weighted by molar-refractivity contribution is 0.566. The van der Waals surface area contributed by atoms with Gasteiger partial charge in [-0.1, -0.05) is 30.3 Å². The van der Waals surface area contributed by atoms with E-state index in [1.54, 1.807) is 30.3 Å². The number of rotatable bonds is 3. The fourth-order valence-electron chi connectivity index (χ4n) is 1.65. The van der Waals surface area contributed by atoms with Crippen molar-refractivity contribution >= 4 is 31.5 Å². The van der Waals surface area contributed by atoms with Gasteiger partial charge in [-0.15, -0.1) is 0 Å². The van der Waals surface area contributed by atoms with Gasteiger partial charge in [0.05, 0.1) is 5.75 Å². The molecule has 0 atom stereocenters. The first-order valence-electron chi connectivity index (χ1n) is 5.41. The Balaban J connectivity index is 2.43. The number of nitrogen functional groups attached to an aromatic ring is 1. The van der Waals surface area contributed by atoms with E-state index in [9.17, 15) is 12.8 Å². The molecule has 2 rings (SSSR count). The van der Waals surface area contributed by atoms with Gasteiger partial charge in [-0.2, -0.15) is 0 Å². The van der Waals surface area contributed by atoms with Crippen LogP contribution in [0.4, 0.5) is 10.1 Å². The Labute approximate surface area is 119 Å². The van der Waals surface area contributed by atoms with Gasteiger partial charge in [0.15, 0.2) is 9.84 Å². The Morgan fingerprint density at radius 2 is 1.79 bits per heavy atom. The highest BCUT2D eigenvalue weighted by molar-refractivity contribution is 9.10. The standard InChI is InChI=1S/C13H11BrFNO2S/c14-10-6-13(11(15)7-12(10)16)19(17,18)8-9-4-2-1-3-5-9/h1-7H,8,16H2. The largest absolute Gasteiger partial charge is 0.398 e. The highest BCUT2D eigenvalue weighted by Crippen LogP contribution is 2.28. The van der Waals surface area contributed by atoms with Crippen molar-refractivity contribution in [2.24, 2.45) is 0 Å². The summed E-state index contributed by atoms with van der Waals surface area (Å²) < 4.78 is 38.5. The minimum atomic E-state index is -3.74. The van der Waals surface area contributed by atoms with E-state index in [1.807, 2.05) is 0 Å². The molecule has 0 aliphatic heterocycles. The van der Waals surface area contributed by atoms with Gasteiger partial charge in [0.1, 0.15) is 10.7 Å². The van der Waals surface area contributed by atoms with Crippen molar-refractivity contribution in [3.05, 3.63) is 58.3 Å². The molecule has 2 aromatic carbocycles. The van der Waals surface area contributed by atoms with Crippen molar-refractivity contribution in [1.82, 2.24) is 0 Å². The van der Waals surface area contributed by atoms with Gasteiger partial charge >= 0.3 is 0 Å². The SMILES string of the molecule is Nc1cc(F)c(S(=O)(=O)Cc2ccccc2)cc1Br. The van der Waals surface area contributed by atoms with E-state index in [1.165, 1.54) is 6.07 Å². The van der Waals surface area contributed by atoms with Crippen LogP contribution in [0.15, 0.2) is 51.8 Å². The lowest BCUT2D eigenvalue weighted by Crippen LogP contribution is -2.08. The zero-order valence-electron chi connectivity index (χ0n) is 9.81. The summed E-state index contributed by atoms with van der Waals surface area (Å²) in [6.45, 7) is 0. The van der Waals surface area contributed by atoms with Gasteiger partial charge in [-0.05, 0) is 33.6 Å². The summed E-state index contributed by atoms with van der Waals surface area (Å²) in [6, 6.07) is 10.8. The smallest absolute Gasteiger partial charge is 0.185 e. The molecule has 0 radical (unpaired) electrons. The van der Waals surface area contributed by atoms with Crippen LogP contribution in [0.2, 0.25) is 0 Å². The summed E-state index contributed by atoms with van der Waals surface area (Å²) in [4.78, 5) is -0.350. The molecule has 0 fully saturated rings. The van der Waals surface area contributed by atoms with E-state index in [2.05, 4.69) is 15.9 Å². The van der Waals surface area contributed by atoms with Crippen molar-refractivity contribution in [3.63, 3.8) is 0 Å². The van der Waals surface area contributed by atoms with Gasteiger partial charge in [0.25, 0.3) is 0 Å². The summed E-state index contributed by atoms with van der Waals surface area (Å²) in [7, 11) is -3.74. The van der Waals surface area contributed by atoms with Crippen LogP contribution in [0.1, 0.15) is 5.56 Å². The maximum absolute atomic E-state index is 13.7. The molecule has 0 saturated heterocycles. The molecule has 19 heavy (non-hydrogen) atoms. The number of nitrogens with two attached hydrogens (primary N) is 1. The van der Waals surface area contributed by atoms with Crippen LogP contribution in [0.3, 0.4) is 0 Å². The Morgan fingerprint density at radius 3 is 2.42 bits per heavy atom. The maximum atomic E-state index is 13.7. The summed E-state index contributed by atoms with van der Waals surface area (Å²) in [6.07, 6.45) is 0. The van der Waals surface area contributed by atoms with E-state index in [0.717, 1.165) is 6.07 Å². The Morgan fingerprint density at radius 1 is 1.16 bits per heavy atom. The molecule has 0 heterocycles. The van der Waals surface area contributed by atoms with Crippen LogP contribution in [0, 0.1) is 5.82 Å². The highest BCUT2D eigenvalue weighted by Gasteiger charge is 2.21. The lowest BCUT2D eigenvalue weighted by Gasteiger charge is -2.08. The fraction of sp³-hybridized carbons (Fsp3) is 0.0769. The van der Waals surface area contributed by atoms with Crippen molar-refractivity contribution in [2.45, 2.75) is 10.6 Å². The van der Waals surface area contributed by atoms with Crippen molar-refractivity contribution < 1.29 is 12.8 Å². The van der Waals surface area contributed by atoms with Crippen molar-refractivity contribution in [1.29, 1.82) is 0 Å². The molecule has 0 aromatic heterocycles. The predicted octanol–water partition coefficient (Wildman–Crippen LogP) is 3.14. The molecule has 3 nitrogen and oxygen atoms in total. The third-order valence-electron chi connectivity index (χ3n) is 2.59. The monoisotopic (exact) mass is 343 g/mol. The summed E-state index contributed by atoms with van der Waals surface area (Å²) in [5.74, 6) is -1.09. The second kappa shape index (κ2) is 5.30. The third kappa shape index (κ3) is 3.13. The van der Waals surface area contributed by atoms with Crippen LogP contribution in [-0.2, 0) is 15.6 Å². The van der Waals surface area contributed by atoms with E-state index < -0.39 is 15.7 Å². The van der Waals surface area contributed by atoms with Crippen LogP contribution in [-0.4, -0.2) is 8.42 Å². The topological polar surface area (TPSA) is 60.2 Å². The first-order valence-corrected chi connectivity index (χ1v) is 7.86. The minimum absolute atomic E-state index is 0.163. The molecule has 100 valence electrons. The number of anilines is 1. The quantitative estimate of drug-likeness (QED) is 0.871. The third-order valence-corrected chi connectivity index (χ3v) is 4.97. The normalized spacial score (nSPS) is 11.5. The molecule has 0 amide bonds. The molecule has 0 saturated carbocycles.